The van der Waals surface area contributed by atoms with Crippen LogP contribution < -0.4 is 0 Å². The number of nitrogens with zero attached hydrogens (tertiary/aromatic N) is 5. The minimum absolute atomic E-state index is 0.848. The highest BCUT2D eigenvalue weighted by atomic mass is 15.3. The fourth-order valence-corrected chi connectivity index (χ4v) is 1.82. The SMILES string of the molecule is Cc1nn(C)cc1-c1cn2ccncc2n1. The average molecular weight is 213 g/mol. The third kappa shape index (κ3) is 1.29. The lowest BCUT2D eigenvalue weighted by Crippen LogP contribution is -1.86. The molecule has 0 aromatic carbocycles. The van der Waals surface area contributed by atoms with E-state index in [0.29, 0.717) is 0 Å². The van der Waals surface area contributed by atoms with Gasteiger partial charge in [0.1, 0.15) is 0 Å². The van der Waals surface area contributed by atoms with Crippen LogP contribution in [0.4, 0.5) is 0 Å². The predicted octanol–water partition coefficient (Wildman–Crippen LogP) is 1.44. The summed E-state index contributed by atoms with van der Waals surface area (Å²) in [5.41, 5.74) is 3.82. The van der Waals surface area contributed by atoms with Crippen molar-refractivity contribution in [2.24, 2.45) is 7.05 Å². The van der Waals surface area contributed by atoms with E-state index in [2.05, 4.69) is 15.1 Å². The molecule has 0 unspecified atom stereocenters. The van der Waals surface area contributed by atoms with E-state index in [1.165, 1.54) is 0 Å². The van der Waals surface area contributed by atoms with Gasteiger partial charge in [0.25, 0.3) is 0 Å². The summed E-state index contributed by atoms with van der Waals surface area (Å²) in [7, 11) is 1.91. The second kappa shape index (κ2) is 3.16. The predicted molar refractivity (Wildman–Crippen MR) is 59.9 cm³/mol. The summed E-state index contributed by atoms with van der Waals surface area (Å²) in [5.74, 6) is 0. The summed E-state index contributed by atoms with van der Waals surface area (Å²) in [6, 6.07) is 0. The van der Waals surface area contributed by atoms with Crippen LogP contribution in [0.2, 0.25) is 0 Å². The van der Waals surface area contributed by atoms with Gasteiger partial charge in [-0.25, -0.2) is 4.98 Å². The Balaban J connectivity index is 2.22. The number of aryl methyl sites for hydroxylation is 2. The minimum atomic E-state index is 0.848. The minimum Gasteiger partial charge on any atom is -0.304 e. The van der Waals surface area contributed by atoms with Gasteiger partial charge < -0.3 is 4.40 Å². The Bertz CT molecular complexity index is 616. The molecule has 5 heteroatoms. The number of imidazole rings is 1. The van der Waals surface area contributed by atoms with Gasteiger partial charge in [-0.15, -0.1) is 0 Å². The van der Waals surface area contributed by atoms with Gasteiger partial charge in [-0.05, 0) is 6.92 Å². The quantitative estimate of drug-likeness (QED) is 0.614. The number of aromatic nitrogens is 5. The molecule has 3 aromatic heterocycles. The van der Waals surface area contributed by atoms with Crippen molar-refractivity contribution in [1.29, 1.82) is 0 Å². The van der Waals surface area contributed by atoms with E-state index in [1.807, 2.05) is 37.0 Å². The number of hydrogen-bond acceptors (Lipinski definition) is 3. The Hall–Kier alpha value is -2.17. The number of fused-ring (bicyclic) bond motifs is 1. The molecule has 0 radical (unpaired) electrons. The molecule has 0 aliphatic carbocycles. The van der Waals surface area contributed by atoms with Crippen molar-refractivity contribution in [3.63, 3.8) is 0 Å². The zero-order chi connectivity index (χ0) is 11.1. The standard InChI is InChI=1S/C11H11N5/c1-8-9(6-15(2)14-8)10-7-16-4-3-12-5-11(16)13-10/h3-7H,1-2H3. The molecule has 80 valence electrons. The fraction of sp³-hybridized carbons (Fsp3) is 0.182. The van der Waals surface area contributed by atoms with Gasteiger partial charge in [0.05, 0.1) is 17.6 Å². The third-order valence-electron chi connectivity index (χ3n) is 2.55. The first-order valence-electron chi connectivity index (χ1n) is 5.03. The lowest BCUT2D eigenvalue weighted by Gasteiger charge is -1.89. The molecule has 0 aliphatic rings. The van der Waals surface area contributed by atoms with Gasteiger partial charge in [0.15, 0.2) is 5.65 Å². The van der Waals surface area contributed by atoms with E-state index < -0.39 is 0 Å². The van der Waals surface area contributed by atoms with E-state index in [0.717, 1.165) is 22.6 Å². The highest BCUT2D eigenvalue weighted by Crippen LogP contribution is 2.21. The van der Waals surface area contributed by atoms with Crippen LogP contribution in [0.5, 0.6) is 0 Å². The van der Waals surface area contributed by atoms with E-state index in [1.54, 1.807) is 17.1 Å². The summed E-state index contributed by atoms with van der Waals surface area (Å²) < 4.78 is 3.75. The molecule has 0 saturated carbocycles. The maximum atomic E-state index is 4.50. The zero-order valence-electron chi connectivity index (χ0n) is 9.12. The second-order valence-corrected chi connectivity index (χ2v) is 3.77. The Morgan fingerprint density at radius 2 is 2.12 bits per heavy atom. The Kier molecular flexibility index (Phi) is 1.80. The molecule has 0 aliphatic heterocycles. The van der Waals surface area contributed by atoms with Gasteiger partial charge in [-0.2, -0.15) is 5.10 Å². The molecule has 3 aromatic rings. The van der Waals surface area contributed by atoms with Crippen molar-refractivity contribution in [3.05, 3.63) is 36.7 Å². The van der Waals surface area contributed by atoms with Gasteiger partial charge in [0.2, 0.25) is 0 Å². The fourth-order valence-electron chi connectivity index (χ4n) is 1.82. The van der Waals surface area contributed by atoms with Crippen LogP contribution in [-0.2, 0) is 7.05 Å². The molecular weight excluding hydrogens is 202 g/mol. The van der Waals surface area contributed by atoms with E-state index in [-0.39, 0.29) is 0 Å². The van der Waals surface area contributed by atoms with Crippen molar-refractivity contribution < 1.29 is 0 Å². The molecule has 0 N–H and O–H groups in total. The van der Waals surface area contributed by atoms with Gasteiger partial charge in [0, 0.05) is 37.4 Å². The topological polar surface area (TPSA) is 48.0 Å². The zero-order valence-corrected chi connectivity index (χ0v) is 9.12. The van der Waals surface area contributed by atoms with Crippen LogP contribution in [0.15, 0.2) is 31.0 Å². The van der Waals surface area contributed by atoms with E-state index in [9.17, 15) is 0 Å². The molecule has 0 spiro atoms. The average Bonchev–Trinajstić information content (AvgIpc) is 2.81. The smallest absolute Gasteiger partial charge is 0.155 e. The maximum Gasteiger partial charge on any atom is 0.155 e. The van der Waals surface area contributed by atoms with Crippen molar-refractivity contribution >= 4 is 5.65 Å². The first kappa shape index (κ1) is 9.08. The molecular formula is C11H11N5. The van der Waals surface area contributed by atoms with Crippen LogP contribution in [-0.4, -0.2) is 24.1 Å². The van der Waals surface area contributed by atoms with Crippen LogP contribution in [0.1, 0.15) is 5.69 Å². The van der Waals surface area contributed by atoms with Crippen molar-refractivity contribution in [3.8, 4) is 11.3 Å². The molecule has 3 rings (SSSR count). The first-order valence-corrected chi connectivity index (χ1v) is 5.03. The lowest BCUT2D eigenvalue weighted by molar-refractivity contribution is 0.756. The van der Waals surface area contributed by atoms with Crippen LogP contribution in [0, 0.1) is 6.92 Å². The van der Waals surface area contributed by atoms with Gasteiger partial charge in [-0.3, -0.25) is 9.67 Å². The van der Waals surface area contributed by atoms with Crippen LogP contribution in [0.3, 0.4) is 0 Å². The molecule has 0 fully saturated rings. The normalized spacial score (nSPS) is 11.1. The maximum absolute atomic E-state index is 4.50. The monoisotopic (exact) mass is 213 g/mol. The van der Waals surface area contributed by atoms with Crippen LogP contribution >= 0.6 is 0 Å². The highest BCUT2D eigenvalue weighted by Gasteiger charge is 2.09. The Morgan fingerprint density at radius 1 is 1.25 bits per heavy atom. The lowest BCUT2D eigenvalue weighted by atomic mass is 10.2. The van der Waals surface area contributed by atoms with E-state index >= 15 is 0 Å². The van der Waals surface area contributed by atoms with Crippen molar-refractivity contribution in [1.82, 2.24) is 24.1 Å². The number of rotatable bonds is 1. The summed E-state index contributed by atoms with van der Waals surface area (Å²) in [6.07, 6.45) is 9.34. The third-order valence-corrected chi connectivity index (χ3v) is 2.55. The Labute approximate surface area is 92.4 Å². The summed E-state index contributed by atoms with van der Waals surface area (Å²) in [4.78, 5) is 8.55. The molecule has 3 heterocycles. The largest absolute Gasteiger partial charge is 0.304 e. The van der Waals surface area contributed by atoms with Crippen molar-refractivity contribution in [2.75, 3.05) is 0 Å². The summed E-state index contributed by atoms with van der Waals surface area (Å²) in [6.45, 7) is 1.98. The van der Waals surface area contributed by atoms with Crippen molar-refractivity contribution in [2.45, 2.75) is 6.92 Å². The molecule has 0 amide bonds. The molecule has 0 atom stereocenters. The van der Waals surface area contributed by atoms with Gasteiger partial charge in [-0.1, -0.05) is 0 Å². The molecule has 5 nitrogen and oxygen atoms in total. The molecule has 0 saturated heterocycles. The second-order valence-electron chi connectivity index (χ2n) is 3.77. The molecule has 0 bridgehead atoms. The Morgan fingerprint density at radius 3 is 2.81 bits per heavy atom. The highest BCUT2D eigenvalue weighted by molar-refractivity contribution is 5.63. The first-order chi connectivity index (χ1) is 7.74. The summed E-state index contributed by atoms with van der Waals surface area (Å²) >= 11 is 0. The summed E-state index contributed by atoms with van der Waals surface area (Å²) in [5, 5.41) is 4.31. The number of hydrogen-bond donors (Lipinski definition) is 0. The van der Waals surface area contributed by atoms with Gasteiger partial charge >= 0.3 is 0 Å². The van der Waals surface area contributed by atoms with E-state index in [4.69, 9.17) is 0 Å². The molecule has 16 heavy (non-hydrogen) atoms. The van der Waals surface area contributed by atoms with Crippen LogP contribution in [0.25, 0.3) is 16.9 Å².